The Morgan fingerprint density at radius 1 is 1.32 bits per heavy atom. The number of rotatable bonds is 4. The number of nitrogens with one attached hydrogen (secondary N) is 2. The summed E-state index contributed by atoms with van der Waals surface area (Å²) >= 11 is 0. The highest BCUT2D eigenvalue weighted by molar-refractivity contribution is 5.95. The molecule has 0 spiro atoms. The predicted octanol–water partition coefficient (Wildman–Crippen LogP) is 0.488. The summed E-state index contributed by atoms with van der Waals surface area (Å²) in [6, 6.07) is 8.26. The van der Waals surface area contributed by atoms with E-state index in [1.165, 1.54) is 12.1 Å². The van der Waals surface area contributed by atoms with Crippen molar-refractivity contribution in [3.05, 3.63) is 51.9 Å². The number of fused-ring (bicyclic) bond motifs is 1. The second-order valence-electron chi connectivity index (χ2n) is 5.67. The summed E-state index contributed by atoms with van der Waals surface area (Å²) in [5, 5.41) is 8.64. The number of carbonyl (C=O) groups is 2. The summed E-state index contributed by atoms with van der Waals surface area (Å²) in [6.07, 6.45) is 0.938. The minimum atomic E-state index is -0.360. The van der Waals surface area contributed by atoms with Crippen molar-refractivity contribution < 1.29 is 14.3 Å². The third-order valence-electron chi connectivity index (χ3n) is 3.94. The van der Waals surface area contributed by atoms with E-state index in [4.69, 9.17) is 4.74 Å². The lowest BCUT2D eigenvalue weighted by atomic mass is 10.1. The first-order valence-electron chi connectivity index (χ1n) is 7.91. The summed E-state index contributed by atoms with van der Waals surface area (Å²) in [5.41, 5.74) is 1.50. The molecule has 2 heterocycles. The maximum Gasteiger partial charge on any atom is 0.271 e. The first kappa shape index (κ1) is 16.7. The molecule has 0 aliphatic carbocycles. The molecular weight excluding hydrogens is 324 g/mol. The molecule has 0 bridgehead atoms. The third-order valence-corrected chi connectivity index (χ3v) is 3.94. The van der Waals surface area contributed by atoms with Crippen LogP contribution in [0.2, 0.25) is 0 Å². The fourth-order valence-electron chi connectivity index (χ4n) is 2.53. The van der Waals surface area contributed by atoms with Gasteiger partial charge < -0.3 is 15.0 Å². The van der Waals surface area contributed by atoms with Crippen LogP contribution in [0.5, 0.6) is 5.75 Å². The molecule has 3 rings (SSSR count). The van der Waals surface area contributed by atoms with Gasteiger partial charge in [-0.25, -0.2) is 5.10 Å². The van der Waals surface area contributed by atoms with Crippen molar-refractivity contribution in [3.63, 3.8) is 0 Å². The van der Waals surface area contributed by atoms with Gasteiger partial charge in [-0.05, 0) is 30.2 Å². The summed E-state index contributed by atoms with van der Waals surface area (Å²) in [7, 11) is 1.73. The molecule has 2 amide bonds. The number of aromatic amines is 1. The minimum absolute atomic E-state index is 0.00773. The van der Waals surface area contributed by atoms with Crippen LogP contribution in [0.15, 0.2) is 35.1 Å². The molecule has 1 aromatic heterocycles. The highest BCUT2D eigenvalue weighted by Crippen LogP contribution is 2.31. The molecule has 130 valence electrons. The number of benzene rings is 1. The Hall–Kier alpha value is -3.16. The van der Waals surface area contributed by atoms with Crippen LogP contribution >= 0.6 is 0 Å². The predicted molar refractivity (Wildman–Crippen MR) is 90.9 cm³/mol. The van der Waals surface area contributed by atoms with Crippen LogP contribution in [0.25, 0.3) is 0 Å². The zero-order valence-electron chi connectivity index (χ0n) is 13.7. The van der Waals surface area contributed by atoms with Crippen molar-refractivity contribution in [2.45, 2.75) is 12.8 Å². The van der Waals surface area contributed by atoms with Gasteiger partial charge in [0.05, 0.1) is 18.7 Å². The van der Waals surface area contributed by atoms with E-state index in [1.807, 2.05) is 18.2 Å². The lowest BCUT2D eigenvalue weighted by molar-refractivity contribution is -0.118. The number of anilines is 1. The van der Waals surface area contributed by atoms with Gasteiger partial charge in [0.25, 0.3) is 11.5 Å². The quantitative estimate of drug-likeness (QED) is 0.841. The Kier molecular flexibility index (Phi) is 4.78. The van der Waals surface area contributed by atoms with Crippen molar-refractivity contribution in [2.24, 2.45) is 0 Å². The topological polar surface area (TPSA) is 104 Å². The lowest BCUT2D eigenvalue weighted by Crippen LogP contribution is -2.28. The second-order valence-corrected chi connectivity index (χ2v) is 5.67. The third kappa shape index (κ3) is 3.85. The highest BCUT2D eigenvalue weighted by Gasteiger charge is 2.20. The van der Waals surface area contributed by atoms with E-state index in [0.29, 0.717) is 31.7 Å². The zero-order valence-corrected chi connectivity index (χ0v) is 13.7. The van der Waals surface area contributed by atoms with Gasteiger partial charge in [-0.1, -0.05) is 6.07 Å². The van der Waals surface area contributed by atoms with Crippen molar-refractivity contribution in [3.8, 4) is 5.75 Å². The fraction of sp³-hybridized carbons (Fsp3) is 0.294. The molecule has 0 fully saturated rings. The molecule has 0 saturated carbocycles. The van der Waals surface area contributed by atoms with Crippen LogP contribution in [0, 0.1) is 0 Å². The number of ether oxygens (including phenoxy) is 1. The summed E-state index contributed by atoms with van der Waals surface area (Å²) < 4.78 is 5.58. The number of aromatic nitrogens is 2. The molecular formula is C17H18N4O4. The molecule has 8 nitrogen and oxygen atoms in total. The van der Waals surface area contributed by atoms with E-state index in [2.05, 4.69) is 15.5 Å². The Morgan fingerprint density at radius 3 is 2.92 bits per heavy atom. The summed E-state index contributed by atoms with van der Waals surface area (Å²) in [6.45, 7) is 0.773. The summed E-state index contributed by atoms with van der Waals surface area (Å²) in [4.78, 5) is 36.4. The van der Waals surface area contributed by atoms with Gasteiger partial charge in [0.1, 0.15) is 11.4 Å². The largest absolute Gasteiger partial charge is 0.491 e. The molecule has 1 aromatic carbocycles. The molecule has 2 aromatic rings. The van der Waals surface area contributed by atoms with E-state index in [9.17, 15) is 14.4 Å². The fourth-order valence-corrected chi connectivity index (χ4v) is 2.53. The van der Waals surface area contributed by atoms with E-state index < -0.39 is 0 Å². The highest BCUT2D eigenvalue weighted by atomic mass is 16.5. The van der Waals surface area contributed by atoms with Gasteiger partial charge >= 0.3 is 0 Å². The van der Waals surface area contributed by atoms with Crippen LogP contribution in [-0.2, 0) is 11.2 Å². The maximum absolute atomic E-state index is 12.0. The molecule has 2 N–H and O–H groups in total. The van der Waals surface area contributed by atoms with E-state index in [1.54, 1.807) is 11.9 Å². The van der Waals surface area contributed by atoms with E-state index in [0.717, 1.165) is 11.3 Å². The monoisotopic (exact) mass is 342 g/mol. The van der Waals surface area contributed by atoms with Crippen LogP contribution in [-0.4, -0.2) is 42.2 Å². The molecule has 25 heavy (non-hydrogen) atoms. The van der Waals surface area contributed by atoms with Crippen LogP contribution in [0.1, 0.15) is 22.5 Å². The average molecular weight is 342 g/mol. The van der Waals surface area contributed by atoms with Gasteiger partial charge in [0.2, 0.25) is 5.91 Å². The van der Waals surface area contributed by atoms with Crippen molar-refractivity contribution >= 4 is 17.5 Å². The normalized spacial score (nSPS) is 13.6. The Morgan fingerprint density at radius 2 is 2.16 bits per heavy atom. The number of nitrogens with zero attached hydrogens (tertiary/aromatic N) is 2. The van der Waals surface area contributed by atoms with Crippen molar-refractivity contribution in [2.75, 3.05) is 25.1 Å². The molecule has 1 aliphatic rings. The SMILES string of the molecule is CN1C(=O)CCOc2ccc(CCNC(=O)c3ccc(=O)[nH]n3)cc21. The van der Waals surface area contributed by atoms with E-state index in [-0.39, 0.29) is 23.1 Å². The van der Waals surface area contributed by atoms with Gasteiger partial charge in [-0.2, -0.15) is 5.10 Å². The average Bonchev–Trinajstić information content (AvgIpc) is 2.75. The molecule has 0 radical (unpaired) electrons. The Labute approximate surface area is 143 Å². The Bertz CT molecular complexity index is 841. The van der Waals surface area contributed by atoms with E-state index >= 15 is 0 Å². The molecule has 8 heteroatoms. The molecule has 1 aliphatic heterocycles. The first-order chi connectivity index (χ1) is 12.0. The molecule has 0 atom stereocenters. The van der Waals surface area contributed by atoms with Gasteiger partial charge in [-0.3, -0.25) is 14.4 Å². The molecule has 0 saturated heterocycles. The first-order valence-corrected chi connectivity index (χ1v) is 7.91. The van der Waals surface area contributed by atoms with Gasteiger partial charge in [0.15, 0.2) is 0 Å². The van der Waals surface area contributed by atoms with Crippen LogP contribution in [0.4, 0.5) is 5.69 Å². The smallest absolute Gasteiger partial charge is 0.271 e. The van der Waals surface area contributed by atoms with Crippen molar-refractivity contribution in [1.82, 2.24) is 15.5 Å². The number of H-pyrrole nitrogens is 1. The van der Waals surface area contributed by atoms with Crippen LogP contribution in [0.3, 0.4) is 0 Å². The lowest BCUT2D eigenvalue weighted by Gasteiger charge is -2.17. The Balaban J connectivity index is 1.63. The second kappa shape index (κ2) is 7.16. The number of amides is 2. The zero-order chi connectivity index (χ0) is 17.8. The van der Waals surface area contributed by atoms with Crippen LogP contribution < -0.4 is 20.5 Å². The minimum Gasteiger partial charge on any atom is -0.491 e. The summed E-state index contributed by atoms with van der Waals surface area (Å²) in [5.74, 6) is 0.327. The number of hydrogen-bond donors (Lipinski definition) is 2. The molecule has 0 unspecified atom stereocenters. The van der Waals surface area contributed by atoms with Gasteiger partial charge in [-0.15, -0.1) is 0 Å². The number of hydrogen-bond acceptors (Lipinski definition) is 5. The standard InChI is InChI=1S/C17H18N4O4/c1-21-13-10-11(2-4-14(13)25-9-7-16(21)23)6-8-18-17(24)12-3-5-15(22)20-19-12/h2-5,10H,6-9H2,1H3,(H,18,24)(H,20,22). The van der Waals surface area contributed by atoms with Gasteiger partial charge in [0, 0.05) is 19.7 Å². The maximum atomic E-state index is 12.0. The number of carbonyl (C=O) groups excluding carboxylic acids is 2. The van der Waals surface area contributed by atoms with Crippen molar-refractivity contribution in [1.29, 1.82) is 0 Å².